The molecule has 0 radical (unpaired) electrons. The topological polar surface area (TPSA) is 59.8 Å². The number of likely N-dealkylation sites (tertiary alicyclic amines) is 1. The van der Waals surface area contributed by atoms with Crippen LogP contribution < -0.4 is 10.4 Å². The van der Waals surface area contributed by atoms with Gasteiger partial charge in [0, 0.05) is 32.0 Å². The maximum atomic E-state index is 13.4. The van der Waals surface area contributed by atoms with Gasteiger partial charge in [0.15, 0.2) is 0 Å². The monoisotopic (exact) mass is 371 g/mol. The molecule has 27 heavy (non-hydrogen) atoms. The molecule has 2 heterocycles. The van der Waals surface area contributed by atoms with E-state index in [0.717, 1.165) is 62.9 Å². The fourth-order valence-corrected chi connectivity index (χ4v) is 6.72. The van der Waals surface area contributed by atoms with Crippen molar-refractivity contribution in [3.05, 3.63) is 28.3 Å². The molecule has 1 aromatic rings. The van der Waals surface area contributed by atoms with Crippen LogP contribution in [0.2, 0.25) is 0 Å². The predicted molar refractivity (Wildman–Crippen MR) is 101 cm³/mol. The van der Waals surface area contributed by atoms with Crippen molar-refractivity contribution in [2.24, 2.45) is 23.2 Å². The minimum atomic E-state index is -0.376. The second-order valence-electron chi connectivity index (χ2n) is 9.53. The quantitative estimate of drug-likeness (QED) is 0.815. The largest absolute Gasteiger partial charge is 0.490 e. The molecule has 1 saturated heterocycles. The number of ether oxygens (including phenoxy) is 1. The van der Waals surface area contributed by atoms with E-state index in [1.807, 2.05) is 0 Å². The molecule has 0 N–H and O–H groups in total. The third-order valence-electron chi connectivity index (χ3n) is 7.39. The van der Waals surface area contributed by atoms with Crippen LogP contribution in [0.15, 0.2) is 21.3 Å². The SMILES string of the molecule is Cc1cc(OC2CCN(C(=O)C34CC5CC(CC(C5)C3)C4)CC2)cc(=O)o1. The van der Waals surface area contributed by atoms with Crippen molar-refractivity contribution in [3.63, 3.8) is 0 Å². The Morgan fingerprint density at radius 1 is 1.07 bits per heavy atom. The molecule has 0 atom stereocenters. The Labute approximate surface area is 160 Å². The predicted octanol–water partition coefficient (Wildman–Crippen LogP) is 3.53. The zero-order valence-electron chi connectivity index (χ0n) is 16.1. The van der Waals surface area contributed by atoms with Crippen LogP contribution in [0.25, 0.3) is 0 Å². The van der Waals surface area contributed by atoms with Gasteiger partial charge in [-0.3, -0.25) is 4.79 Å². The molecule has 5 nitrogen and oxygen atoms in total. The normalized spacial score (nSPS) is 35.4. The summed E-state index contributed by atoms with van der Waals surface area (Å²) < 4.78 is 11.0. The lowest BCUT2D eigenvalue weighted by molar-refractivity contribution is -0.159. The van der Waals surface area contributed by atoms with E-state index in [2.05, 4.69) is 4.90 Å². The second-order valence-corrected chi connectivity index (χ2v) is 9.53. The minimum absolute atomic E-state index is 0.0437. The van der Waals surface area contributed by atoms with Gasteiger partial charge in [0.2, 0.25) is 5.91 Å². The van der Waals surface area contributed by atoms with E-state index in [1.54, 1.807) is 13.0 Å². The molecule has 0 spiro atoms. The van der Waals surface area contributed by atoms with Crippen molar-refractivity contribution in [1.29, 1.82) is 0 Å². The summed E-state index contributed by atoms with van der Waals surface area (Å²) in [6, 6.07) is 3.16. The van der Waals surface area contributed by atoms with Crippen LogP contribution in [0.1, 0.15) is 57.1 Å². The molecule has 5 aliphatic rings. The lowest BCUT2D eigenvalue weighted by Crippen LogP contribution is -2.56. The molecule has 0 aromatic carbocycles. The molecule has 1 aromatic heterocycles. The highest BCUT2D eigenvalue weighted by molar-refractivity contribution is 5.83. The molecule has 4 aliphatic carbocycles. The van der Waals surface area contributed by atoms with Gasteiger partial charge in [-0.1, -0.05) is 0 Å². The number of rotatable bonds is 3. The Kier molecular flexibility index (Phi) is 4.10. The summed E-state index contributed by atoms with van der Waals surface area (Å²) in [6.07, 6.45) is 9.22. The Balaban J connectivity index is 1.22. The molecule has 1 amide bonds. The number of hydrogen-bond acceptors (Lipinski definition) is 4. The number of carbonyl (C=O) groups excluding carboxylic acids is 1. The standard InChI is InChI=1S/C22H29NO4/c1-14-6-19(10-20(24)26-14)27-18-2-4-23(5-3-18)21(25)22-11-15-7-16(12-22)9-17(8-15)13-22/h6,10,15-18H,2-5,7-9,11-13H2,1H3. The average molecular weight is 371 g/mol. The van der Waals surface area contributed by atoms with E-state index in [0.29, 0.717) is 17.4 Å². The Morgan fingerprint density at radius 3 is 2.22 bits per heavy atom. The van der Waals surface area contributed by atoms with Crippen LogP contribution in [-0.4, -0.2) is 30.0 Å². The lowest BCUT2D eigenvalue weighted by Gasteiger charge is -2.57. The van der Waals surface area contributed by atoms with E-state index >= 15 is 0 Å². The summed E-state index contributed by atoms with van der Waals surface area (Å²) in [5, 5.41) is 0. The molecule has 146 valence electrons. The van der Waals surface area contributed by atoms with Gasteiger partial charge >= 0.3 is 5.63 Å². The van der Waals surface area contributed by atoms with Gasteiger partial charge in [0.25, 0.3) is 0 Å². The van der Waals surface area contributed by atoms with E-state index in [-0.39, 0.29) is 17.1 Å². The van der Waals surface area contributed by atoms with Gasteiger partial charge in [-0.25, -0.2) is 4.79 Å². The summed E-state index contributed by atoms with van der Waals surface area (Å²) in [5.41, 5.74) is -0.419. The van der Waals surface area contributed by atoms with Crippen LogP contribution in [0.4, 0.5) is 0 Å². The van der Waals surface area contributed by atoms with Gasteiger partial charge < -0.3 is 14.1 Å². The fraction of sp³-hybridized carbons (Fsp3) is 0.727. The summed E-state index contributed by atoms with van der Waals surface area (Å²) in [7, 11) is 0. The number of aryl methyl sites for hydroxylation is 1. The van der Waals surface area contributed by atoms with Crippen LogP contribution in [-0.2, 0) is 4.79 Å². The van der Waals surface area contributed by atoms with Gasteiger partial charge in [-0.15, -0.1) is 0 Å². The first kappa shape index (κ1) is 17.3. The van der Waals surface area contributed by atoms with Crippen molar-refractivity contribution >= 4 is 5.91 Å². The lowest BCUT2D eigenvalue weighted by atomic mass is 9.49. The smallest absolute Gasteiger partial charge is 0.339 e. The van der Waals surface area contributed by atoms with E-state index < -0.39 is 0 Å². The van der Waals surface area contributed by atoms with E-state index in [4.69, 9.17) is 9.15 Å². The zero-order valence-corrected chi connectivity index (χ0v) is 16.1. The summed E-state index contributed by atoms with van der Waals surface area (Å²) in [5.74, 6) is 3.97. The molecule has 1 aliphatic heterocycles. The third-order valence-corrected chi connectivity index (χ3v) is 7.39. The Bertz CT molecular complexity index is 754. The first-order chi connectivity index (χ1) is 13.0. The Hall–Kier alpha value is -1.78. The highest BCUT2D eigenvalue weighted by atomic mass is 16.5. The molecule has 6 rings (SSSR count). The number of piperidine rings is 1. The molecule has 4 saturated carbocycles. The fourth-order valence-electron chi connectivity index (χ4n) is 6.72. The van der Waals surface area contributed by atoms with Gasteiger partial charge in [0.05, 0.1) is 11.5 Å². The molecule has 5 fully saturated rings. The number of carbonyl (C=O) groups is 1. The maximum absolute atomic E-state index is 13.4. The average Bonchev–Trinajstić information content (AvgIpc) is 2.60. The van der Waals surface area contributed by atoms with Gasteiger partial charge in [0.1, 0.15) is 17.6 Å². The second kappa shape index (κ2) is 6.39. The highest BCUT2D eigenvalue weighted by Crippen LogP contribution is 2.60. The number of amides is 1. The van der Waals surface area contributed by atoms with Crippen molar-refractivity contribution < 1.29 is 13.9 Å². The van der Waals surface area contributed by atoms with Crippen LogP contribution in [0.3, 0.4) is 0 Å². The van der Waals surface area contributed by atoms with Crippen LogP contribution in [0, 0.1) is 30.1 Å². The van der Waals surface area contributed by atoms with Gasteiger partial charge in [-0.05, 0) is 63.2 Å². The van der Waals surface area contributed by atoms with Crippen LogP contribution in [0.5, 0.6) is 5.75 Å². The first-order valence-electron chi connectivity index (χ1n) is 10.6. The van der Waals surface area contributed by atoms with E-state index in [9.17, 15) is 9.59 Å². The Morgan fingerprint density at radius 2 is 1.67 bits per heavy atom. The maximum Gasteiger partial charge on any atom is 0.339 e. The van der Waals surface area contributed by atoms with Crippen molar-refractivity contribution in [2.75, 3.05) is 13.1 Å². The number of hydrogen-bond donors (Lipinski definition) is 0. The van der Waals surface area contributed by atoms with Crippen molar-refractivity contribution in [3.8, 4) is 5.75 Å². The molecule has 5 heteroatoms. The minimum Gasteiger partial charge on any atom is -0.490 e. The number of nitrogens with zero attached hydrogens (tertiary/aromatic N) is 1. The highest BCUT2D eigenvalue weighted by Gasteiger charge is 2.55. The molecule has 0 unspecified atom stereocenters. The van der Waals surface area contributed by atoms with E-state index in [1.165, 1.54) is 25.3 Å². The zero-order chi connectivity index (χ0) is 18.6. The van der Waals surface area contributed by atoms with Crippen LogP contribution >= 0.6 is 0 Å². The molecule has 4 bridgehead atoms. The van der Waals surface area contributed by atoms with Gasteiger partial charge in [-0.2, -0.15) is 0 Å². The molecular formula is C22H29NO4. The van der Waals surface area contributed by atoms with Crippen molar-refractivity contribution in [2.45, 2.75) is 64.4 Å². The molecular weight excluding hydrogens is 342 g/mol. The summed E-state index contributed by atoms with van der Waals surface area (Å²) in [4.78, 5) is 27.0. The third kappa shape index (κ3) is 3.19. The van der Waals surface area contributed by atoms with Crippen molar-refractivity contribution in [1.82, 2.24) is 4.90 Å². The summed E-state index contributed by atoms with van der Waals surface area (Å²) >= 11 is 0. The summed E-state index contributed by atoms with van der Waals surface area (Å²) in [6.45, 7) is 3.29. The first-order valence-corrected chi connectivity index (χ1v) is 10.6.